The van der Waals surface area contributed by atoms with Crippen LogP contribution >= 0.6 is 0 Å². The fourth-order valence-electron chi connectivity index (χ4n) is 6.55. The van der Waals surface area contributed by atoms with Gasteiger partial charge in [-0.1, -0.05) is 73.2 Å². The van der Waals surface area contributed by atoms with Gasteiger partial charge in [-0.3, -0.25) is 4.90 Å². The Bertz CT molecular complexity index is 1620. The van der Waals surface area contributed by atoms with Gasteiger partial charge in [0.1, 0.15) is 18.1 Å². The minimum atomic E-state index is 0.181. The van der Waals surface area contributed by atoms with Crippen molar-refractivity contribution in [3.05, 3.63) is 108 Å². The van der Waals surface area contributed by atoms with Gasteiger partial charge in [-0.2, -0.15) is 0 Å². The van der Waals surface area contributed by atoms with Crippen molar-refractivity contribution in [2.45, 2.75) is 25.2 Å². The molecule has 3 nitrogen and oxygen atoms in total. The zero-order valence-electron chi connectivity index (χ0n) is 22.0. The van der Waals surface area contributed by atoms with Crippen LogP contribution < -0.4 is 9.47 Å². The Balaban J connectivity index is 1.28. The number of fused-ring (bicyclic) bond motifs is 7. The average Bonchev–Trinajstić information content (AvgIpc) is 3.32. The Kier molecular flexibility index (Phi) is 6.02. The SMILES string of the molecule is COc1ccc2c(ccc3ccc4c(c32)C(c2ccc(OCCN3CCCCC3)cc2)c2ccccc2-4)c1. The van der Waals surface area contributed by atoms with E-state index in [0.29, 0.717) is 0 Å². The van der Waals surface area contributed by atoms with Gasteiger partial charge in [-0.15, -0.1) is 0 Å². The second-order valence-electron chi connectivity index (χ2n) is 10.6. The van der Waals surface area contributed by atoms with Crippen molar-refractivity contribution in [2.75, 3.05) is 33.4 Å². The second kappa shape index (κ2) is 9.81. The summed E-state index contributed by atoms with van der Waals surface area (Å²) >= 11 is 0. The van der Waals surface area contributed by atoms with E-state index in [1.54, 1.807) is 7.11 Å². The monoisotopic (exact) mass is 499 g/mol. The van der Waals surface area contributed by atoms with E-state index in [-0.39, 0.29) is 5.92 Å². The number of nitrogens with zero attached hydrogens (tertiary/aromatic N) is 1. The standard InChI is InChI=1S/C35H33NO2/c1-37-28-16-18-29-26(23-28)10-9-24-13-17-32-30-7-3-4-8-31(30)34(35(32)33(24)29)25-11-14-27(15-12-25)38-22-21-36-19-5-2-6-20-36/h3-4,7-18,23,34H,2,5-6,19-22H2,1H3. The van der Waals surface area contributed by atoms with Crippen molar-refractivity contribution in [3.63, 3.8) is 0 Å². The number of hydrogen-bond donors (Lipinski definition) is 0. The topological polar surface area (TPSA) is 21.7 Å². The van der Waals surface area contributed by atoms with Crippen LogP contribution in [0.5, 0.6) is 11.5 Å². The van der Waals surface area contributed by atoms with E-state index < -0.39 is 0 Å². The van der Waals surface area contributed by atoms with E-state index in [2.05, 4.69) is 95.9 Å². The minimum absolute atomic E-state index is 0.181. The molecule has 0 saturated carbocycles. The predicted molar refractivity (Wildman–Crippen MR) is 157 cm³/mol. The second-order valence-corrected chi connectivity index (χ2v) is 10.6. The van der Waals surface area contributed by atoms with Crippen molar-refractivity contribution in [3.8, 4) is 22.6 Å². The Morgan fingerprint density at radius 1 is 0.737 bits per heavy atom. The average molecular weight is 500 g/mol. The molecule has 7 rings (SSSR count). The van der Waals surface area contributed by atoms with Gasteiger partial charge in [-0.25, -0.2) is 0 Å². The lowest BCUT2D eigenvalue weighted by Gasteiger charge is -2.26. The Morgan fingerprint density at radius 2 is 1.50 bits per heavy atom. The maximum absolute atomic E-state index is 6.16. The molecule has 1 heterocycles. The molecule has 0 N–H and O–H groups in total. The summed E-state index contributed by atoms with van der Waals surface area (Å²) in [4.78, 5) is 2.52. The zero-order chi connectivity index (χ0) is 25.5. The van der Waals surface area contributed by atoms with Gasteiger partial charge < -0.3 is 9.47 Å². The molecule has 190 valence electrons. The molecule has 1 saturated heterocycles. The molecule has 5 aromatic carbocycles. The lowest BCUT2D eigenvalue weighted by atomic mass is 9.85. The van der Waals surface area contributed by atoms with Crippen LogP contribution in [0.1, 0.15) is 41.9 Å². The molecule has 3 heteroatoms. The lowest BCUT2D eigenvalue weighted by molar-refractivity contribution is 0.183. The molecular weight excluding hydrogens is 466 g/mol. The third-order valence-electron chi connectivity index (χ3n) is 8.44. The van der Waals surface area contributed by atoms with Gasteiger partial charge >= 0.3 is 0 Å². The maximum Gasteiger partial charge on any atom is 0.119 e. The van der Waals surface area contributed by atoms with E-state index in [1.165, 1.54) is 81.7 Å². The summed E-state index contributed by atoms with van der Waals surface area (Å²) < 4.78 is 11.7. The van der Waals surface area contributed by atoms with Crippen LogP contribution in [0.3, 0.4) is 0 Å². The van der Waals surface area contributed by atoms with Crippen molar-refractivity contribution in [2.24, 2.45) is 0 Å². The highest BCUT2D eigenvalue weighted by Gasteiger charge is 2.32. The Hall–Kier alpha value is -3.82. The molecule has 1 fully saturated rings. The number of hydrogen-bond acceptors (Lipinski definition) is 3. The minimum Gasteiger partial charge on any atom is -0.497 e. The first-order chi connectivity index (χ1) is 18.8. The van der Waals surface area contributed by atoms with Gasteiger partial charge in [0.15, 0.2) is 0 Å². The highest BCUT2D eigenvalue weighted by atomic mass is 16.5. The molecule has 0 spiro atoms. The van der Waals surface area contributed by atoms with Gasteiger partial charge in [-0.05, 0) is 99.6 Å². The van der Waals surface area contributed by atoms with Crippen LogP contribution in [0, 0.1) is 0 Å². The molecule has 5 aromatic rings. The first kappa shape index (κ1) is 23.3. The zero-order valence-corrected chi connectivity index (χ0v) is 22.0. The normalized spacial score (nSPS) is 16.9. The largest absolute Gasteiger partial charge is 0.497 e. The van der Waals surface area contributed by atoms with Crippen LogP contribution in [0.15, 0.2) is 91.0 Å². The number of ether oxygens (including phenoxy) is 2. The number of piperidine rings is 1. The molecule has 1 unspecified atom stereocenters. The number of rotatable bonds is 6. The molecule has 0 bridgehead atoms. The molecule has 1 aliphatic carbocycles. The van der Waals surface area contributed by atoms with Crippen LogP contribution in [-0.2, 0) is 0 Å². The molecule has 38 heavy (non-hydrogen) atoms. The summed E-state index contributed by atoms with van der Waals surface area (Å²) in [7, 11) is 1.73. The van der Waals surface area contributed by atoms with Crippen LogP contribution in [0.2, 0.25) is 0 Å². The lowest BCUT2D eigenvalue weighted by Crippen LogP contribution is -2.33. The van der Waals surface area contributed by atoms with E-state index in [1.807, 2.05) is 0 Å². The number of likely N-dealkylation sites (tertiary alicyclic amines) is 1. The highest BCUT2D eigenvalue weighted by molar-refractivity contribution is 6.13. The quantitative estimate of drug-likeness (QED) is 0.217. The summed E-state index contributed by atoms with van der Waals surface area (Å²) in [5.74, 6) is 2.02. The molecular formula is C35H33NO2. The fourth-order valence-corrected chi connectivity index (χ4v) is 6.55. The van der Waals surface area contributed by atoms with E-state index >= 15 is 0 Å². The van der Waals surface area contributed by atoms with Crippen molar-refractivity contribution >= 4 is 21.5 Å². The fraction of sp³-hybridized carbons (Fsp3) is 0.257. The van der Waals surface area contributed by atoms with Gasteiger partial charge in [0.25, 0.3) is 0 Å². The molecule has 0 amide bonds. The third kappa shape index (κ3) is 4.02. The highest BCUT2D eigenvalue weighted by Crippen LogP contribution is 2.52. The van der Waals surface area contributed by atoms with Crippen molar-refractivity contribution in [1.82, 2.24) is 4.90 Å². The molecule has 0 aromatic heterocycles. The number of methoxy groups -OCH3 is 1. The van der Waals surface area contributed by atoms with Gasteiger partial charge in [0, 0.05) is 12.5 Å². The maximum atomic E-state index is 6.16. The van der Waals surface area contributed by atoms with Gasteiger partial charge in [0.2, 0.25) is 0 Å². The van der Waals surface area contributed by atoms with E-state index in [4.69, 9.17) is 9.47 Å². The molecule has 0 radical (unpaired) electrons. The van der Waals surface area contributed by atoms with Crippen LogP contribution in [-0.4, -0.2) is 38.3 Å². The van der Waals surface area contributed by atoms with Crippen molar-refractivity contribution < 1.29 is 9.47 Å². The number of benzene rings is 5. The molecule has 1 atom stereocenters. The van der Waals surface area contributed by atoms with E-state index in [0.717, 1.165) is 24.7 Å². The summed E-state index contributed by atoms with van der Waals surface area (Å²) in [6.07, 6.45) is 4.00. The molecule has 1 aliphatic heterocycles. The Labute approximate surface area is 224 Å². The Morgan fingerprint density at radius 3 is 2.34 bits per heavy atom. The summed E-state index contributed by atoms with van der Waals surface area (Å²) in [6, 6.07) is 33.2. The van der Waals surface area contributed by atoms with Crippen molar-refractivity contribution in [1.29, 1.82) is 0 Å². The third-order valence-corrected chi connectivity index (χ3v) is 8.44. The van der Waals surface area contributed by atoms with Crippen LogP contribution in [0.25, 0.3) is 32.7 Å². The summed E-state index contributed by atoms with van der Waals surface area (Å²) in [5.41, 5.74) is 6.75. The van der Waals surface area contributed by atoms with E-state index in [9.17, 15) is 0 Å². The predicted octanol–water partition coefficient (Wildman–Crippen LogP) is 8.03. The first-order valence-electron chi connectivity index (χ1n) is 13.9. The smallest absolute Gasteiger partial charge is 0.119 e. The van der Waals surface area contributed by atoms with Crippen LogP contribution in [0.4, 0.5) is 0 Å². The van der Waals surface area contributed by atoms with Gasteiger partial charge in [0.05, 0.1) is 7.11 Å². The summed E-state index contributed by atoms with van der Waals surface area (Å²) in [6.45, 7) is 4.17. The first-order valence-corrected chi connectivity index (χ1v) is 13.9. The summed E-state index contributed by atoms with van der Waals surface area (Å²) in [5, 5.41) is 5.09. The molecule has 2 aliphatic rings.